The monoisotopic (exact) mass is 329 g/mol. The minimum absolute atomic E-state index is 0.00310. The Kier molecular flexibility index (Phi) is 5.94. The molecule has 3 rings (SSSR count). The van der Waals surface area contributed by atoms with E-state index >= 15 is 0 Å². The largest absolute Gasteiger partial charge is 0.396 e. The second kappa shape index (κ2) is 8.15. The van der Waals surface area contributed by atoms with Gasteiger partial charge in [0.15, 0.2) is 0 Å². The van der Waals surface area contributed by atoms with Gasteiger partial charge in [-0.15, -0.1) is 0 Å². The molecule has 2 aliphatic rings. The summed E-state index contributed by atoms with van der Waals surface area (Å²) in [6, 6.07) is 8.57. The number of benzene rings is 1. The molecule has 2 atom stereocenters. The molecule has 1 amide bonds. The quantitative estimate of drug-likeness (QED) is 0.910. The molecule has 0 aromatic heterocycles. The molecule has 1 N–H and O–H groups in total. The summed E-state index contributed by atoms with van der Waals surface area (Å²) in [6.45, 7) is 3.87. The summed E-state index contributed by atoms with van der Waals surface area (Å²) in [5.41, 5.74) is 2.43. The Morgan fingerprint density at radius 1 is 1.12 bits per heavy atom. The zero-order chi connectivity index (χ0) is 16.9. The molecule has 0 bridgehead atoms. The average molecular weight is 329 g/mol. The highest BCUT2D eigenvalue weighted by atomic mass is 16.3. The number of hydrogen-bond acceptors (Lipinski definition) is 2. The lowest BCUT2D eigenvalue weighted by atomic mass is 9.75. The zero-order valence-electron chi connectivity index (χ0n) is 14.9. The Morgan fingerprint density at radius 3 is 2.50 bits per heavy atom. The van der Waals surface area contributed by atoms with E-state index < -0.39 is 0 Å². The molecule has 1 saturated carbocycles. The van der Waals surface area contributed by atoms with Crippen molar-refractivity contribution in [3.8, 4) is 0 Å². The molecule has 24 heavy (non-hydrogen) atoms. The maximum absolute atomic E-state index is 13.4. The van der Waals surface area contributed by atoms with E-state index in [1.54, 1.807) is 0 Å². The molecule has 132 valence electrons. The van der Waals surface area contributed by atoms with E-state index in [2.05, 4.69) is 31.2 Å². The fourth-order valence-electron chi connectivity index (χ4n) is 4.47. The number of carbonyl (C=O) groups excluding carboxylic acids is 1. The number of aliphatic hydroxyl groups is 1. The lowest BCUT2D eigenvalue weighted by Crippen LogP contribution is -2.44. The van der Waals surface area contributed by atoms with Crippen molar-refractivity contribution in [1.29, 1.82) is 0 Å². The Balaban J connectivity index is 1.82. The van der Waals surface area contributed by atoms with Crippen LogP contribution in [-0.4, -0.2) is 35.6 Å². The van der Waals surface area contributed by atoms with Gasteiger partial charge < -0.3 is 10.0 Å². The van der Waals surface area contributed by atoms with Gasteiger partial charge in [-0.1, -0.05) is 49.1 Å². The van der Waals surface area contributed by atoms with Crippen molar-refractivity contribution in [2.75, 3.05) is 19.7 Å². The van der Waals surface area contributed by atoms with Crippen LogP contribution in [0.4, 0.5) is 0 Å². The smallest absolute Gasteiger partial charge is 0.230 e. The molecule has 3 nitrogen and oxygen atoms in total. The van der Waals surface area contributed by atoms with Gasteiger partial charge in [-0.25, -0.2) is 0 Å². The molecular formula is C21H31NO2. The molecule has 1 aromatic carbocycles. The SMILES string of the molecule is Cc1ccc(C(C(=O)N2CCCC(CO)C2)C2CCCCC2)cc1. The first-order valence-corrected chi connectivity index (χ1v) is 9.65. The lowest BCUT2D eigenvalue weighted by molar-refractivity contribution is -0.136. The van der Waals surface area contributed by atoms with E-state index in [9.17, 15) is 9.90 Å². The molecule has 0 radical (unpaired) electrons. The Morgan fingerprint density at radius 2 is 1.83 bits per heavy atom. The third-order valence-electron chi connectivity index (χ3n) is 5.91. The van der Waals surface area contributed by atoms with Crippen LogP contribution < -0.4 is 0 Å². The number of aryl methyl sites for hydroxylation is 1. The van der Waals surface area contributed by atoms with Gasteiger partial charge in [-0.05, 0) is 50.0 Å². The summed E-state index contributed by atoms with van der Waals surface area (Å²) in [7, 11) is 0. The van der Waals surface area contributed by atoms with Crippen LogP contribution >= 0.6 is 0 Å². The first-order valence-electron chi connectivity index (χ1n) is 9.65. The number of amides is 1. The molecule has 1 aliphatic carbocycles. The number of likely N-dealkylation sites (tertiary alicyclic amines) is 1. The Bertz CT molecular complexity index is 533. The summed E-state index contributed by atoms with van der Waals surface area (Å²) < 4.78 is 0. The molecule has 1 saturated heterocycles. The summed E-state index contributed by atoms with van der Waals surface area (Å²) in [6.07, 6.45) is 8.20. The van der Waals surface area contributed by atoms with Crippen LogP contribution in [0.5, 0.6) is 0 Å². The normalized spacial score (nSPS) is 23.9. The van der Waals surface area contributed by atoms with Crippen LogP contribution in [0.3, 0.4) is 0 Å². The highest BCUT2D eigenvalue weighted by molar-refractivity contribution is 5.84. The fourth-order valence-corrected chi connectivity index (χ4v) is 4.47. The topological polar surface area (TPSA) is 40.5 Å². The van der Waals surface area contributed by atoms with Gasteiger partial charge >= 0.3 is 0 Å². The van der Waals surface area contributed by atoms with Gasteiger partial charge in [-0.3, -0.25) is 4.79 Å². The van der Waals surface area contributed by atoms with Crippen LogP contribution in [0.2, 0.25) is 0 Å². The molecular weight excluding hydrogens is 298 g/mol. The standard InChI is InChI=1S/C21H31NO2/c1-16-9-11-19(12-10-16)20(18-7-3-2-4-8-18)21(24)22-13-5-6-17(14-22)15-23/h9-12,17-18,20,23H,2-8,13-15H2,1H3. The van der Waals surface area contributed by atoms with Crippen molar-refractivity contribution in [2.24, 2.45) is 11.8 Å². The number of aliphatic hydroxyl groups excluding tert-OH is 1. The summed E-state index contributed by atoms with van der Waals surface area (Å²) >= 11 is 0. The molecule has 0 spiro atoms. The number of nitrogens with zero attached hydrogens (tertiary/aromatic N) is 1. The van der Waals surface area contributed by atoms with E-state index in [1.807, 2.05) is 4.90 Å². The van der Waals surface area contributed by atoms with Crippen molar-refractivity contribution < 1.29 is 9.90 Å². The van der Waals surface area contributed by atoms with Crippen molar-refractivity contribution in [3.63, 3.8) is 0 Å². The van der Waals surface area contributed by atoms with Crippen molar-refractivity contribution in [1.82, 2.24) is 4.90 Å². The average Bonchev–Trinajstić information content (AvgIpc) is 2.64. The van der Waals surface area contributed by atoms with Gasteiger partial charge in [0.1, 0.15) is 0 Å². The van der Waals surface area contributed by atoms with Crippen molar-refractivity contribution in [2.45, 2.75) is 57.8 Å². The summed E-state index contributed by atoms with van der Waals surface area (Å²) in [5, 5.41) is 9.49. The maximum atomic E-state index is 13.4. The van der Waals surface area contributed by atoms with E-state index in [1.165, 1.54) is 43.2 Å². The van der Waals surface area contributed by atoms with Crippen LogP contribution in [-0.2, 0) is 4.79 Å². The molecule has 3 heteroatoms. The lowest BCUT2D eigenvalue weighted by Gasteiger charge is -2.37. The molecule has 1 aliphatic heterocycles. The Hall–Kier alpha value is -1.35. The highest BCUT2D eigenvalue weighted by Gasteiger charge is 2.35. The van der Waals surface area contributed by atoms with Gasteiger partial charge in [-0.2, -0.15) is 0 Å². The van der Waals surface area contributed by atoms with E-state index in [4.69, 9.17) is 0 Å². The van der Waals surface area contributed by atoms with Crippen LogP contribution in [0.15, 0.2) is 24.3 Å². The van der Waals surface area contributed by atoms with Crippen molar-refractivity contribution in [3.05, 3.63) is 35.4 Å². The predicted octanol–water partition coefficient (Wildman–Crippen LogP) is 3.89. The van der Waals surface area contributed by atoms with Crippen LogP contribution in [0.1, 0.15) is 62.0 Å². The van der Waals surface area contributed by atoms with Crippen LogP contribution in [0.25, 0.3) is 0 Å². The summed E-state index contributed by atoms with van der Waals surface area (Å²) in [4.78, 5) is 15.4. The number of piperidine rings is 1. The number of hydrogen-bond donors (Lipinski definition) is 1. The predicted molar refractivity (Wildman–Crippen MR) is 96.9 cm³/mol. The van der Waals surface area contributed by atoms with Gasteiger partial charge in [0, 0.05) is 19.7 Å². The minimum atomic E-state index is 0.00310. The fraction of sp³-hybridized carbons (Fsp3) is 0.667. The first kappa shape index (κ1) is 17.5. The summed E-state index contributed by atoms with van der Waals surface area (Å²) in [5.74, 6) is 1.03. The molecule has 1 aromatic rings. The van der Waals surface area contributed by atoms with E-state index in [0.717, 1.165) is 25.9 Å². The molecule has 1 heterocycles. The molecule has 2 unspecified atom stereocenters. The highest BCUT2D eigenvalue weighted by Crippen LogP contribution is 2.38. The number of carbonyl (C=O) groups is 1. The second-order valence-corrected chi connectivity index (χ2v) is 7.76. The third-order valence-corrected chi connectivity index (χ3v) is 5.91. The second-order valence-electron chi connectivity index (χ2n) is 7.76. The zero-order valence-corrected chi connectivity index (χ0v) is 14.9. The third kappa shape index (κ3) is 4.00. The van der Waals surface area contributed by atoms with E-state index in [0.29, 0.717) is 11.8 Å². The van der Waals surface area contributed by atoms with Crippen LogP contribution in [0, 0.1) is 18.8 Å². The van der Waals surface area contributed by atoms with Gasteiger partial charge in [0.25, 0.3) is 0 Å². The minimum Gasteiger partial charge on any atom is -0.396 e. The molecule has 2 fully saturated rings. The van der Waals surface area contributed by atoms with Crippen molar-refractivity contribution >= 4 is 5.91 Å². The maximum Gasteiger partial charge on any atom is 0.230 e. The number of rotatable bonds is 4. The first-order chi connectivity index (χ1) is 11.7. The van der Waals surface area contributed by atoms with Gasteiger partial charge in [0.05, 0.1) is 5.92 Å². The Labute approximate surface area is 146 Å². The van der Waals surface area contributed by atoms with E-state index in [-0.39, 0.29) is 18.4 Å². The van der Waals surface area contributed by atoms with Gasteiger partial charge in [0.2, 0.25) is 5.91 Å².